The van der Waals surface area contributed by atoms with E-state index in [0.29, 0.717) is 0 Å². The minimum Gasteiger partial charge on any atom is -0.399 e. The lowest BCUT2D eigenvalue weighted by atomic mass is 9.75. The highest BCUT2D eigenvalue weighted by Gasteiger charge is 2.52. The number of hydrogen-bond acceptors (Lipinski definition) is 3. The van der Waals surface area contributed by atoms with Gasteiger partial charge in [-0.2, -0.15) is 0 Å². The first kappa shape index (κ1) is 13.2. The van der Waals surface area contributed by atoms with Gasteiger partial charge in [-0.25, -0.2) is 0 Å². The summed E-state index contributed by atoms with van der Waals surface area (Å²) < 4.78 is 12.3. The van der Waals surface area contributed by atoms with Gasteiger partial charge in [0.25, 0.3) is 0 Å². The molecule has 0 aromatic heterocycles. The predicted molar refractivity (Wildman–Crippen MR) is 77.4 cm³/mol. The van der Waals surface area contributed by atoms with Crippen LogP contribution in [0.15, 0.2) is 18.2 Å². The molecule has 1 aromatic rings. The first-order valence-corrected chi connectivity index (χ1v) is 7.05. The maximum atomic E-state index is 6.15. The fourth-order valence-corrected chi connectivity index (χ4v) is 2.91. The first-order valence-electron chi connectivity index (χ1n) is 7.05. The third-order valence-corrected chi connectivity index (χ3v) is 4.86. The van der Waals surface area contributed by atoms with Gasteiger partial charge in [-0.05, 0) is 57.1 Å². The van der Waals surface area contributed by atoms with Crippen molar-refractivity contribution in [1.29, 1.82) is 0 Å². The molecule has 4 heteroatoms. The van der Waals surface area contributed by atoms with E-state index in [1.54, 1.807) is 0 Å². The summed E-state index contributed by atoms with van der Waals surface area (Å²) >= 11 is 0. The third-order valence-electron chi connectivity index (χ3n) is 4.86. The van der Waals surface area contributed by atoms with E-state index in [0.717, 1.165) is 18.3 Å². The first-order chi connectivity index (χ1) is 8.82. The quantitative estimate of drug-likeness (QED) is 0.784. The average Bonchev–Trinajstić information content (AvgIpc) is 2.78. The summed E-state index contributed by atoms with van der Waals surface area (Å²) in [5.41, 5.74) is 9.30. The van der Waals surface area contributed by atoms with Crippen LogP contribution in [0.3, 0.4) is 0 Å². The Bertz CT molecular complexity index is 497. The topological polar surface area (TPSA) is 44.5 Å². The number of hydrogen-bond donors (Lipinski definition) is 1. The Labute approximate surface area is 115 Å². The van der Waals surface area contributed by atoms with E-state index in [9.17, 15) is 0 Å². The van der Waals surface area contributed by atoms with Gasteiger partial charge in [-0.3, -0.25) is 0 Å². The van der Waals surface area contributed by atoms with Crippen LogP contribution in [0.1, 0.15) is 51.3 Å². The smallest absolute Gasteiger partial charge is 0.399 e. The van der Waals surface area contributed by atoms with Gasteiger partial charge in [-0.15, -0.1) is 0 Å². The second-order valence-electron chi connectivity index (χ2n) is 6.65. The second kappa shape index (κ2) is 4.08. The molecule has 1 saturated heterocycles. The summed E-state index contributed by atoms with van der Waals surface area (Å²) in [6, 6.07) is 6.46. The van der Waals surface area contributed by atoms with Crippen LogP contribution in [0.4, 0.5) is 0 Å². The van der Waals surface area contributed by atoms with E-state index >= 15 is 0 Å². The number of rotatable bonds is 1. The van der Waals surface area contributed by atoms with Crippen molar-refractivity contribution in [2.45, 2.75) is 57.8 Å². The highest BCUT2D eigenvalue weighted by atomic mass is 16.7. The van der Waals surface area contributed by atoms with Gasteiger partial charge in [0.2, 0.25) is 0 Å². The van der Waals surface area contributed by atoms with Crippen molar-refractivity contribution >= 4 is 12.6 Å². The zero-order valence-corrected chi connectivity index (χ0v) is 12.2. The van der Waals surface area contributed by atoms with E-state index in [1.165, 1.54) is 11.1 Å². The third kappa shape index (κ3) is 1.94. The summed E-state index contributed by atoms with van der Waals surface area (Å²) in [7, 11) is -0.273. The highest BCUT2D eigenvalue weighted by Crippen LogP contribution is 2.37. The fourth-order valence-electron chi connectivity index (χ4n) is 2.91. The Balaban J connectivity index is 1.98. The molecule has 0 amide bonds. The van der Waals surface area contributed by atoms with Crippen LogP contribution in [0.2, 0.25) is 0 Å². The molecule has 0 saturated carbocycles. The molecule has 0 radical (unpaired) electrons. The van der Waals surface area contributed by atoms with Crippen molar-refractivity contribution in [2.24, 2.45) is 5.73 Å². The van der Waals surface area contributed by atoms with Crippen molar-refractivity contribution in [3.63, 3.8) is 0 Å². The Morgan fingerprint density at radius 3 is 2.42 bits per heavy atom. The normalized spacial score (nSPS) is 27.6. The molecule has 1 fully saturated rings. The minimum absolute atomic E-state index is 0.164. The standard InChI is InChI=1S/C15H22BNO2/c1-14(2)15(3,4)19-16(18-14)12-7-5-6-11-10(12)8-9-13(11)17/h5-7,13H,8-9,17H2,1-4H3/t13-/m0/s1. The predicted octanol–water partition coefficient (Wildman–Crippen LogP) is 1.93. The molecular formula is C15H22BNO2. The van der Waals surface area contributed by atoms with E-state index in [4.69, 9.17) is 15.0 Å². The van der Waals surface area contributed by atoms with Crippen LogP contribution >= 0.6 is 0 Å². The number of fused-ring (bicyclic) bond motifs is 1. The van der Waals surface area contributed by atoms with Crippen molar-refractivity contribution < 1.29 is 9.31 Å². The van der Waals surface area contributed by atoms with Gasteiger partial charge in [0, 0.05) is 6.04 Å². The molecule has 102 valence electrons. The molecule has 0 unspecified atom stereocenters. The SMILES string of the molecule is CC1(C)OB(c2cccc3c2CC[C@@H]3N)OC1(C)C. The molecule has 2 N–H and O–H groups in total. The van der Waals surface area contributed by atoms with Gasteiger partial charge in [0.05, 0.1) is 11.2 Å². The molecule has 0 bridgehead atoms. The fraction of sp³-hybridized carbons (Fsp3) is 0.600. The largest absolute Gasteiger partial charge is 0.495 e. The number of benzene rings is 1. The molecule has 3 nitrogen and oxygen atoms in total. The van der Waals surface area contributed by atoms with E-state index < -0.39 is 0 Å². The van der Waals surface area contributed by atoms with Crippen LogP contribution < -0.4 is 11.2 Å². The average molecular weight is 259 g/mol. The van der Waals surface area contributed by atoms with E-state index in [-0.39, 0.29) is 24.4 Å². The lowest BCUT2D eigenvalue weighted by Crippen LogP contribution is -2.41. The van der Waals surface area contributed by atoms with Crippen molar-refractivity contribution in [3.8, 4) is 0 Å². The summed E-state index contributed by atoms with van der Waals surface area (Å²) in [5, 5.41) is 0. The Morgan fingerprint density at radius 1 is 1.16 bits per heavy atom. The molecule has 0 spiro atoms. The molecular weight excluding hydrogens is 237 g/mol. The van der Waals surface area contributed by atoms with E-state index in [1.807, 2.05) is 0 Å². The molecule has 1 aromatic carbocycles. The molecule has 1 aliphatic heterocycles. The Morgan fingerprint density at radius 2 is 1.79 bits per heavy atom. The monoisotopic (exact) mass is 259 g/mol. The molecule has 19 heavy (non-hydrogen) atoms. The number of nitrogens with two attached hydrogens (primary N) is 1. The van der Waals surface area contributed by atoms with Gasteiger partial charge in [-0.1, -0.05) is 18.2 Å². The van der Waals surface area contributed by atoms with Crippen LogP contribution in [-0.4, -0.2) is 18.3 Å². The zero-order chi connectivity index (χ0) is 13.8. The van der Waals surface area contributed by atoms with Crippen LogP contribution in [0.5, 0.6) is 0 Å². The van der Waals surface area contributed by atoms with Crippen molar-refractivity contribution in [3.05, 3.63) is 29.3 Å². The van der Waals surface area contributed by atoms with Crippen LogP contribution in [0, 0.1) is 0 Å². The minimum atomic E-state index is -0.291. The molecule has 1 heterocycles. The zero-order valence-electron chi connectivity index (χ0n) is 12.2. The van der Waals surface area contributed by atoms with Crippen LogP contribution in [0.25, 0.3) is 0 Å². The van der Waals surface area contributed by atoms with Gasteiger partial charge in [0.1, 0.15) is 0 Å². The molecule has 1 aliphatic carbocycles. The molecule has 3 rings (SSSR count). The lowest BCUT2D eigenvalue weighted by molar-refractivity contribution is 0.00578. The lowest BCUT2D eigenvalue weighted by Gasteiger charge is -2.32. The summed E-state index contributed by atoms with van der Waals surface area (Å²) in [5.74, 6) is 0. The van der Waals surface area contributed by atoms with Gasteiger partial charge in [0.15, 0.2) is 0 Å². The maximum Gasteiger partial charge on any atom is 0.495 e. The van der Waals surface area contributed by atoms with Crippen molar-refractivity contribution in [1.82, 2.24) is 0 Å². The Hall–Kier alpha value is -0.835. The Kier molecular flexibility index (Phi) is 2.82. The highest BCUT2D eigenvalue weighted by molar-refractivity contribution is 6.62. The van der Waals surface area contributed by atoms with Gasteiger partial charge < -0.3 is 15.0 Å². The van der Waals surface area contributed by atoms with Crippen LogP contribution in [-0.2, 0) is 15.7 Å². The second-order valence-corrected chi connectivity index (χ2v) is 6.65. The summed E-state index contributed by atoms with van der Waals surface area (Å²) in [6.45, 7) is 8.34. The van der Waals surface area contributed by atoms with E-state index in [2.05, 4.69) is 45.9 Å². The maximum absolute atomic E-state index is 6.15. The van der Waals surface area contributed by atoms with Gasteiger partial charge >= 0.3 is 7.12 Å². The summed E-state index contributed by atoms with van der Waals surface area (Å²) in [4.78, 5) is 0. The summed E-state index contributed by atoms with van der Waals surface area (Å²) in [6.07, 6.45) is 2.04. The van der Waals surface area contributed by atoms with Crippen molar-refractivity contribution in [2.75, 3.05) is 0 Å². The molecule has 2 aliphatic rings. The molecule has 1 atom stereocenters.